The highest BCUT2D eigenvalue weighted by Crippen LogP contribution is 2.07. The Morgan fingerprint density at radius 2 is 2.46 bits per heavy atom. The molecule has 76 valence electrons. The van der Waals surface area contributed by atoms with Gasteiger partial charge in [-0.25, -0.2) is 0 Å². The molecule has 0 radical (unpaired) electrons. The highest BCUT2D eigenvalue weighted by molar-refractivity contribution is 5.81. The van der Waals surface area contributed by atoms with Gasteiger partial charge in [0.1, 0.15) is 6.10 Å². The molecule has 1 atom stereocenters. The van der Waals surface area contributed by atoms with E-state index in [0.717, 1.165) is 25.9 Å². The molecule has 1 unspecified atom stereocenters. The van der Waals surface area contributed by atoms with Crippen LogP contribution in [0.25, 0.3) is 0 Å². The summed E-state index contributed by atoms with van der Waals surface area (Å²) in [6, 6.07) is 0. The zero-order valence-corrected chi connectivity index (χ0v) is 8.16. The molecule has 1 aliphatic rings. The van der Waals surface area contributed by atoms with Crippen molar-refractivity contribution in [3.8, 4) is 0 Å². The molecule has 1 saturated heterocycles. The van der Waals surface area contributed by atoms with Crippen LogP contribution in [0, 0.1) is 0 Å². The summed E-state index contributed by atoms with van der Waals surface area (Å²) in [5, 5.41) is 0. The van der Waals surface area contributed by atoms with Gasteiger partial charge in [-0.1, -0.05) is 13.3 Å². The van der Waals surface area contributed by atoms with E-state index in [1.54, 1.807) is 0 Å². The lowest BCUT2D eigenvalue weighted by Gasteiger charge is -2.31. The van der Waals surface area contributed by atoms with Gasteiger partial charge in [0.05, 0.1) is 6.61 Å². The standard InChI is InChI=1S/C9H18N2O2/c1-2-3-4-11-5-6-13-8(7-10)9(11)12/h8H,2-7,10H2,1H3. The number of carbonyl (C=O) groups excluding carboxylic acids is 1. The second-order valence-corrected chi connectivity index (χ2v) is 3.27. The molecule has 4 heteroatoms. The van der Waals surface area contributed by atoms with Crippen molar-refractivity contribution in [3.05, 3.63) is 0 Å². The lowest BCUT2D eigenvalue weighted by atomic mass is 10.2. The van der Waals surface area contributed by atoms with Crippen molar-refractivity contribution >= 4 is 5.91 Å². The van der Waals surface area contributed by atoms with Gasteiger partial charge in [-0.2, -0.15) is 0 Å². The molecule has 1 heterocycles. The zero-order chi connectivity index (χ0) is 9.68. The number of amides is 1. The summed E-state index contributed by atoms with van der Waals surface area (Å²) in [5.74, 6) is 0.0576. The third-order valence-electron chi connectivity index (χ3n) is 2.26. The molecule has 1 rings (SSSR count). The summed E-state index contributed by atoms with van der Waals surface area (Å²) in [6.07, 6.45) is 1.77. The fourth-order valence-electron chi connectivity index (χ4n) is 1.43. The first-order valence-corrected chi connectivity index (χ1v) is 4.90. The molecular formula is C9H18N2O2. The first kappa shape index (κ1) is 10.5. The summed E-state index contributed by atoms with van der Waals surface area (Å²) in [6.45, 7) is 4.59. The molecule has 0 aromatic heterocycles. The van der Waals surface area contributed by atoms with Crippen LogP contribution in [0.2, 0.25) is 0 Å². The van der Waals surface area contributed by atoms with Crippen molar-refractivity contribution < 1.29 is 9.53 Å². The minimum Gasteiger partial charge on any atom is -0.365 e. The Morgan fingerprint density at radius 3 is 3.08 bits per heavy atom. The number of rotatable bonds is 4. The summed E-state index contributed by atoms with van der Waals surface area (Å²) in [5.41, 5.74) is 5.41. The third-order valence-corrected chi connectivity index (χ3v) is 2.26. The highest BCUT2D eigenvalue weighted by atomic mass is 16.5. The van der Waals surface area contributed by atoms with Crippen LogP contribution in [0.5, 0.6) is 0 Å². The second kappa shape index (κ2) is 5.19. The smallest absolute Gasteiger partial charge is 0.253 e. The first-order valence-electron chi connectivity index (χ1n) is 4.90. The molecule has 0 bridgehead atoms. The molecule has 0 spiro atoms. The Hall–Kier alpha value is -0.610. The Kier molecular flexibility index (Phi) is 4.18. The number of unbranched alkanes of at least 4 members (excludes halogenated alkanes) is 1. The van der Waals surface area contributed by atoms with E-state index in [9.17, 15) is 4.79 Å². The molecule has 2 N–H and O–H groups in total. The van der Waals surface area contributed by atoms with Crippen LogP contribution < -0.4 is 5.73 Å². The monoisotopic (exact) mass is 186 g/mol. The molecule has 1 fully saturated rings. The Bertz CT molecular complexity index is 173. The van der Waals surface area contributed by atoms with E-state index in [1.807, 2.05) is 4.90 Å². The van der Waals surface area contributed by atoms with Crippen molar-refractivity contribution in [2.24, 2.45) is 5.73 Å². The van der Waals surface area contributed by atoms with Gasteiger partial charge >= 0.3 is 0 Å². The minimum atomic E-state index is -0.398. The maximum Gasteiger partial charge on any atom is 0.253 e. The van der Waals surface area contributed by atoms with Gasteiger partial charge in [-0.05, 0) is 6.42 Å². The van der Waals surface area contributed by atoms with Crippen LogP contribution in [0.1, 0.15) is 19.8 Å². The lowest BCUT2D eigenvalue weighted by molar-refractivity contribution is -0.151. The molecule has 13 heavy (non-hydrogen) atoms. The minimum absolute atomic E-state index is 0.0576. The van der Waals surface area contributed by atoms with E-state index in [0.29, 0.717) is 13.2 Å². The van der Waals surface area contributed by atoms with Crippen LogP contribution >= 0.6 is 0 Å². The predicted molar refractivity (Wildman–Crippen MR) is 50.3 cm³/mol. The van der Waals surface area contributed by atoms with Gasteiger partial charge in [-0.15, -0.1) is 0 Å². The van der Waals surface area contributed by atoms with Crippen molar-refractivity contribution in [2.75, 3.05) is 26.2 Å². The maximum atomic E-state index is 11.6. The van der Waals surface area contributed by atoms with Crippen molar-refractivity contribution in [1.29, 1.82) is 0 Å². The summed E-state index contributed by atoms with van der Waals surface area (Å²) < 4.78 is 5.23. The van der Waals surface area contributed by atoms with Crippen LogP contribution in [0.15, 0.2) is 0 Å². The van der Waals surface area contributed by atoms with Crippen LogP contribution in [-0.4, -0.2) is 43.2 Å². The van der Waals surface area contributed by atoms with Crippen LogP contribution in [0.4, 0.5) is 0 Å². The van der Waals surface area contributed by atoms with E-state index in [2.05, 4.69) is 6.92 Å². The van der Waals surface area contributed by atoms with Gasteiger partial charge in [0.15, 0.2) is 0 Å². The number of hydrogen-bond donors (Lipinski definition) is 1. The van der Waals surface area contributed by atoms with Gasteiger partial charge in [0.2, 0.25) is 0 Å². The van der Waals surface area contributed by atoms with Gasteiger partial charge in [0, 0.05) is 19.6 Å². The molecule has 1 aliphatic heterocycles. The number of carbonyl (C=O) groups is 1. The summed E-state index contributed by atoms with van der Waals surface area (Å²) in [7, 11) is 0. The predicted octanol–water partition coefficient (Wildman–Crippen LogP) is -0.0274. The van der Waals surface area contributed by atoms with E-state index < -0.39 is 6.10 Å². The van der Waals surface area contributed by atoms with E-state index in [-0.39, 0.29) is 5.91 Å². The van der Waals surface area contributed by atoms with E-state index in [1.165, 1.54) is 0 Å². The second-order valence-electron chi connectivity index (χ2n) is 3.27. The molecule has 4 nitrogen and oxygen atoms in total. The number of morpholine rings is 1. The fourth-order valence-corrected chi connectivity index (χ4v) is 1.43. The van der Waals surface area contributed by atoms with Gasteiger partial charge < -0.3 is 15.4 Å². The molecule has 0 aliphatic carbocycles. The van der Waals surface area contributed by atoms with Crippen LogP contribution in [-0.2, 0) is 9.53 Å². The van der Waals surface area contributed by atoms with Crippen molar-refractivity contribution in [3.63, 3.8) is 0 Å². The van der Waals surface area contributed by atoms with E-state index >= 15 is 0 Å². The summed E-state index contributed by atoms with van der Waals surface area (Å²) in [4.78, 5) is 13.4. The number of nitrogens with zero attached hydrogens (tertiary/aromatic N) is 1. The van der Waals surface area contributed by atoms with E-state index in [4.69, 9.17) is 10.5 Å². The zero-order valence-electron chi connectivity index (χ0n) is 8.16. The average Bonchev–Trinajstić information content (AvgIpc) is 2.16. The SMILES string of the molecule is CCCCN1CCOC(CN)C1=O. The molecule has 1 amide bonds. The number of hydrogen-bond acceptors (Lipinski definition) is 3. The van der Waals surface area contributed by atoms with Gasteiger partial charge in [0.25, 0.3) is 5.91 Å². The van der Waals surface area contributed by atoms with Crippen molar-refractivity contribution in [2.45, 2.75) is 25.9 Å². The summed E-state index contributed by atoms with van der Waals surface area (Å²) >= 11 is 0. The maximum absolute atomic E-state index is 11.6. The van der Waals surface area contributed by atoms with Crippen LogP contribution in [0.3, 0.4) is 0 Å². The molecule has 0 aromatic rings. The fraction of sp³-hybridized carbons (Fsp3) is 0.889. The number of ether oxygens (including phenoxy) is 1. The Labute approximate surface area is 79.0 Å². The molecular weight excluding hydrogens is 168 g/mol. The largest absolute Gasteiger partial charge is 0.365 e. The quantitative estimate of drug-likeness (QED) is 0.671. The Morgan fingerprint density at radius 1 is 1.69 bits per heavy atom. The third kappa shape index (κ3) is 2.67. The topological polar surface area (TPSA) is 55.6 Å². The Balaban J connectivity index is 2.40. The van der Waals surface area contributed by atoms with Crippen molar-refractivity contribution in [1.82, 2.24) is 4.90 Å². The molecule has 0 saturated carbocycles. The average molecular weight is 186 g/mol. The number of nitrogens with two attached hydrogens (primary N) is 1. The lowest BCUT2D eigenvalue weighted by Crippen LogP contribution is -2.50. The molecule has 0 aromatic carbocycles. The normalized spacial score (nSPS) is 23.7. The first-order chi connectivity index (χ1) is 6.29. The highest BCUT2D eigenvalue weighted by Gasteiger charge is 2.27. The van der Waals surface area contributed by atoms with Gasteiger partial charge in [-0.3, -0.25) is 4.79 Å².